The normalized spacial score (nSPS) is 20.6. The third kappa shape index (κ3) is 3.40. The molecule has 1 N–H and O–H groups in total. The van der Waals surface area contributed by atoms with Crippen molar-refractivity contribution in [1.29, 1.82) is 0 Å². The number of nitrogens with zero attached hydrogens (tertiary/aromatic N) is 3. The van der Waals surface area contributed by atoms with E-state index >= 15 is 0 Å². The van der Waals surface area contributed by atoms with E-state index in [9.17, 15) is 0 Å². The van der Waals surface area contributed by atoms with Crippen LogP contribution in [0.2, 0.25) is 0 Å². The zero-order valence-electron chi connectivity index (χ0n) is 10.8. The first kappa shape index (κ1) is 12.3. The van der Waals surface area contributed by atoms with E-state index in [1.807, 2.05) is 19.3 Å². The molecule has 1 fully saturated rings. The van der Waals surface area contributed by atoms with Crippen molar-refractivity contribution in [3.05, 3.63) is 18.0 Å². The second-order valence-electron chi connectivity index (χ2n) is 4.82. The molecule has 1 aliphatic heterocycles. The fraction of sp³-hybridized carbons (Fsp3) is 0.692. The van der Waals surface area contributed by atoms with Crippen LogP contribution in [0.25, 0.3) is 0 Å². The lowest BCUT2D eigenvalue weighted by Gasteiger charge is -2.32. The van der Waals surface area contributed by atoms with Crippen LogP contribution in [0.15, 0.2) is 12.4 Å². The zero-order valence-corrected chi connectivity index (χ0v) is 10.8. The lowest BCUT2D eigenvalue weighted by Crippen LogP contribution is -2.40. The Morgan fingerprint density at radius 3 is 2.88 bits per heavy atom. The Labute approximate surface area is 103 Å². The summed E-state index contributed by atoms with van der Waals surface area (Å²) in [6, 6.07) is 0. The molecular formula is C13H22N4. The molecule has 0 spiro atoms. The van der Waals surface area contributed by atoms with Gasteiger partial charge in [0.2, 0.25) is 5.95 Å². The maximum Gasteiger partial charge on any atom is 0.225 e. The molecule has 1 saturated heterocycles. The summed E-state index contributed by atoms with van der Waals surface area (Å²) < 4.78 is 0. The fourth-order valence-corrected chi connectivity index (χ4v) is 2.31. The van der Waals surface area contributed by atoms with E-state index in [1.54, 1.807) is 0 Å². The third-order valence-electron chi connectivity index (χ3n) is 3.25. The summed E-state index contributed by atoms with van der Waals surface area (Å²) in [4.78, 5) is 11.1. The topological polar surface area (TPSA) is 41.0 Å². The number of hydrogen-bond donors (Lipinski definition) is 1. The fourth-order valence-electron chi connectivity index (χ4n) is 2.31. The average Bonchev–Trinajstić information content (AvgIpc) is 2.37. The summed E-state index contributed by atoms with van der Waals surface area (Å²) in [5.41, 5.74) is 1.12. The van der Waals surface area contributed by atoms with E-state index in [0.717, 1.165) is 43.6 Å². The van der Waals surface area contributed by atoms with Gasteiger partial charge in [0.25, 0.3) is 0 Å². The van der Waals surface area contributed by atoms with Gasteiger partial charge in [0.05, 0.1) is 0 Å². The Bertz CT molecular complexity index is 336. The first-order chi connectivity index (χ1) is 8.29. The second-order valence-corrected chi connectivity index (χ2v) is 4.82. The smallest absolute Gasteiger partial charge is 0.225 e. The molecule has 1 unspecified atom stereocenters. The van der Waals surface area contributed by atoms with Crippen LogP contribution in [0.3, 0.4) is 0 Å². The highest BCUT2D eigenvalue weighted by Gasteiger charge is 2.21. The van der Waals surface area contributed by atoms with Crippen molar-refractivity contribution in [2.75, 3.05) is 31.1 Å². The summed E-state index contributed by atoms with van der Waals surface area (Å²) in [5, 5.41) is 3.43. The van der Waals surface area contributed by atoms with Crippen molar-refractivity contribution in [3.63, 3.8) is 0 Å². The van der Waals surface area contributed by atoms with Crippen LogP contribution in [0.1, 0.15) is 25.3 Å². The highest BCUT2D eigenvalue weighted by atomic mass is 15.3. The van der Waals surface area contributed by atoms with Gasteiger partial charge in [-0.05, 0) is 44.3 Å². The van der Waals surface area contributed by atoms with Gasteiger partial charge in [0.15, 0.2) is 0 Å². The Morgan fingerprint density at radius 1 is 1.41 bits per heavy atom. The summed E-state index contributed by atoms with van der Waals surface area (Å²) >= 11 is 0. The van der Waals surface area contributed by atoms with Gasteiger partial charge in [-0.1, -0.05) is 6.92 Å². The molecule has 2 rings (SSSR count). The van der Waals surface area contributed by atoms with E-state index in [2.05, 4.69) is 27.1 Å². The standard InChI is InChI=1S/C13H22N4/c1-3-14-9-12-5-4-6-17(10-12)13-15-7-11(2)8-16-13/h7-8,12,14H,3-6,9-10H2,1-2H3. The van der Waals surface area contributed by atoms with Crippen molar-refractivity contribution >= 4 is 5.95 Å². The molecule has 0 bridgehead atoms. The molecule has 17 heavy (non-hydrogen) atoms. The number of aromatic nitrogens is 2. The lowest BCUT2D eigenvalue weighted by atomic mass is 9.98. The van der Waals surface area contributed by atoms with Gasteiger partial charge in [-0.15, -0.1) is 0 Å². The van der Waals surface area contributed by atoms with Crippen LogP contribution >= 0.6 is 0 Å². The quantitative estimate of drug-likeness (QED) is 0.859. The minimum absolute atomic E-state index is 0.730. The Morgan fingerprint density at radius 2 is 2.18 bits per heavy atom. The van der Waals surface area contributed by atoms with Crippen LogP contribution in [0, 0.1) is 12.8 Å². The van der Waals surface area contributed by atoms with E-state index in [1.165, 1.54) is 12.8 Å². The molecule has 0 saturated carbocycles. The summed E-state index contributed by atoms with van der Waals surface area (Å²) in [7, 11) is 0. The van der Waals surface area contributed by atoms with Crippen LogP contribution in [0.5, 0.6) is 0 Å². The van der Waals surface area contributed by atoms with Crippen LogP contribution in [-0.4, -0.2) is 36.1 Å². The maximum atomic E-state index is 4.41. The van der Waals surface area contributed by atoms with Gasteiger partial charge in [-0.2, -0.15) is 0 Å². The number of piperidine rings is 1. The number of nitrogens with one attached hydrogen (secondary N) is 1. The Hall–Kier alpha value is -1.16. The predicted molar refractivity (Wildman–Crippen MR) is 70.2 cm³/mol. The molecule has 0 radical (unpaired) electrons. The van der Waals surface area contributed by atoms with E-state index < -0.39 is 0 Å². The van der Waals surface area contributed by atoms with Crippen LogP contribution in [0.4, 0.5) is 5.95 Å². The minimum atomic E-state index is 0.730. The minimum Gasteiger partial charge on any atom is -0.341 e. The molecule has 4 nitrogen and oxygen atoms in total. The molecule has 2 heterocycles. The Balaban J connectivity index is 1.94. The van der Waals surface area contributed by atoms with Crippen molar-refractivity contribution in [1.82, 2.24) is 15.3 Å². The highest BCUT2D eigenvalue weighted by Crippen LogP contribution is 2.19. The van der Waals surface area contributed by atoms with Gasteiger partial charge in [0, 0.05) is 25.5 Å². The molecular weight excluding hydrogens is 212 g/mol. The molecule has 1 aromatic rings. The van der Waals surface area contributed by atoms with Crippen molar-refractivity contribution in [2.24, 2.45) is 5.92 Å². The van der Waals surface area contributed by atoms with E-state index in [4.69, 9.17) is 0 Å². The molecule has 1 atom stereocenters. The molecule has 4 heteroatoms. The second kappa shape index (κ2) is 5.96. The van der Waals surface area contributed by atoms with Crippen molar-refractivity contribution < 1.29 is 0 Å². The first-order valence-corrected chi connectivity index (χ1v) is 6.54. The van der Waals surface area contributed by atoms with Gasteiger partial charge >= 0.3 is 0 Å². The molecule has 0 amide bonds. The number of hydrogen-bond acceptors (Lipinski definition) is 4. The average molecular weight is 234 g/mol. The van der Waals surface area contributed by atoms with Gasteiger partial charge in [-0.25, -0.2) is 9.97 Å². The zero-order chi connectivity index (χ0) is 12.1. The Kier molecular flexibility index (Phi) is 4.31. The summed E-state index contributed by atoms with van der Waals surface area (Å²) in [5.74, 6) is 1.62. The van der Waals surface area contributed by atoms with Crippen LogP contribution < -0.4 is 10.2 Å². The molecule has 94 valence electrons. The van der Waals surface area contributed by atoms with Crippen molar-refractivity contribution in [3.8, 4) is 0 Å². The largest absolute Gasteiger partial charge is 0.341 e. The summed E-state index contributed by atoms with van der Waals surface area (Å²) in [6.07, 6.45) is 6.36. The van der Waals surface area contributed by atoms with Gasteiger partial charge < -0.3 is 10.2 Å². The van der Waals surface area contributed by atoms with Crippen LogP contribution in [-0.2, 0) is 0 Å². The number of rotatable bonds is 4. The molecule has 1 aliphatic rings. The molecule has 0 aliphatic carbocycles. The summed E-state index contributed by atoms with van der Waals surface area (Å²) in [6.45, 7) is 8.51. The van der Waals surface area contributed by atoms with Gasteiger partial charge in [-0.3, -0.25) is 0 Å². The van der Waals surface area contributed by atoms with E-state index in [0.29, 0.717) is 0 Å². The monoisotopic (exact) mass is 234 g/mol. The lowest BCUT2D eigenvalue weighted by molar-refractivity contribution is 0.392. The predicted octanol–water partition coefficient (Wildman–Crippen LogP) is 1.61. The number of anilines is 1. The SMILES string of the molecule is CCNCC1CCCN(c2ncc(C)cn2)C1. The van der Waals surface area contributed by atoms with E-state index in [-0.39, 0.29) is 0 Å². The molecule has 1 aromatic heterocycles. The first-order valence-electron chi connectivity index (χ1n) is 6.54. The maximum absolute atomic E-state index is 4.41. The molecule has 0 aromatic carbocycles. The van der Waals surface area contributed by atoms with Crippen molar-refractivity contribution in [2.45, 2.75) is 26.7 Å². The highest BCUT2D eigenvalue weighted by molar-refractivity contribution is 5.30. The number of aryl methyl sites for hydroxylation is 1. The third-order valence-corrected chi connectivity index (χ3v) is 3.25. The van der Waals surface area contributed by atoms with Gasteiger partial charge in [0.1, 0.15) is 0 Å².